The first-order chi connectivity index (χ1) is 11.7. The zero-order chi connectivity index (χ0) is 18.1. The molecule has 5 nitrogen and oxygen atoms in total. The van der Waals surface area contributed by atoms with Gasteiger partial charge in [0.05, 0.1) is 10.6 Å². The smallest absolute Gasteiger partial charge is 0.406 e. The third kappa shape index (κ3) is 4.63. The Morgan fingerprint density at radius 3 is 2.44 bits per heavy atom. The van der Waals surface area contributed by atoms with Crippen molar-refractivity contribution in [1.29, 1.82) is 0 Å². The van der Waals surface area contributed by atoms with Crippen LogP contribution in [0.15, 0.2) is 29.2 Å². The fraction of sp³-hybridized carbons (Fsp3) is 0.400. The van der Waals surface area contributed by atoms with Gasteiger partial charge in [0.15, 0.2) is 5.13 Å². The Bertz CT molecular complexity index is 822. The Morgan fingerprint density at radius 1 is 1.08 bits per heavy atom. The molecule has 25 heavy (non-hydrogen) atoms. The number of ether oxygens (including phenoxy) is 1. The minimum absolute atomic E-state index is 0.160. The second kappa shape index (κ2) is 6.83. The van der Waals surface area contributed by atoms with Crippen LogP contribution in [0.1, 0.15) is 29.8 Å². The summed E-state index contributed by atoms with van der Waals surface area (Å²) < 4.78 is 67.3. The van der Waals surface area contributed by atoms with Crippen molar-refractivity contribution >= 4 is 26.5 Å². The summed E-state index contributed by atoms with van der Waals surface area (Å²) in [7, 11) is -3.92. The van der Waals surface area contributed by atoms with Gasteiger partial charge >= 0.3 is 6.36 Å². The van der Waals surface area contributed by atoms with Gasteiger partial charge in [-0.1, -0.05) is 6.42 Å². The maximum absolute atomic E-state index is 12.4. The highest BCUT2D eigenvalue weighted by Gasteiger charge is 2.31. The minimum atomic E-state index is -4.82. The van der Waals surface area contributed by atoms with Crippen molar-refractivity contribution in [2.24, 2.45) is 0 Å². The number of thiazole rings is 1. The molecule has 1 heterocycles. The summed E-state index contributed by atoms with van der Waals surface area (Å²) in [6, 6.07) is 4.03. The number of benzene rings is 1. The van der Waals surface area contributed by atoms with Crippen LogP contribution in [0.3, 0.4) is 0 Å². The lowest BCUT2D eigenvalue weighted by Gasteiger charge is -2.09. The van der Waals surface area contributed by atoms with Crippen LogP contribution in [0, 0.1) is 0 Å². The van der Waals surface area contributed by atoms with Gasteiger partial charge in [0.25, 0.3) is 10.0 Å². The summed E-state index contributed by atoms with van der Waals surface area (Å²) in [6.45, 7) is 0. The Balaban J connectivity index is 1.75. The molecular formula is C15H15F3N2O3S2. The summed E-state index contributed by atoms with van der Waals surface area (Å²) in [5, 5.41) is 0.280. The van der Waals surface area contributed by atoms with Crippen molar-refractivity contribution in [3.8, 4) is 5.75 Å². The maximum atomic E-state index is 12.4. The predicted molar refractivity (Wildman–Crippen MR) is 87.3 cm³/mol. The van der Waals surface area contributed by atoms with E-state index < -0.39 is 22.1 Å². The summed E-state index contributed by atoms with van der Waals surface area (Å²) in [6.07, 6.45) is 0.120. The molecule has 2 aromatic rings. The molecule has 1 aromatic heterocycles. The standard InChI is InChI=1S/C15H15F3N2O3S2/c16-15(17,18)23-10-6-8-11(9-7-10)25(21,22)20-14-19-12-4-2-1-3-5-13(12)24-14/h6-9H,1-5H2,(H,19,20). The molecule has 0 spiro atoms. The van der Waals surface area contributed by atoms with E-state index in [-0.39, 0.29) is 10.0 Å². The largest absolute Gasteiger partial charge is 0.573 e. The van der Waals surface area contributed by atoms with E-state index in [1.807, 2.05) is 0 Å². The van der Waals surface area contributed by atoms with Crippen LogP contribution in [0.5, 0.6) is 5.75 Å². The molecule has 0 atom stereocenters. The van der Waals surface area contributed by atoms with Crippen molar-refractivity contribution in [1.82, 2.24) is 4.98 Å². The molecule has 1 N–H and O–H groups in total. The summed E-state index contributed by atoms with van der Waals surface area (Å²) >= 11 is 1.31. The minimum Gasteiger partial charge on any atom is -0.406 e. The van der Waals surface area contributed by atoms with E-state index in [4.69, 9.17) is 0 Å². The molecular weight excluding hydrogens is 377 g/mol. The van der Waals surface area contributed by atoms with E-state index in [1.54, 1.807) is 0 Å². The zero-order valence-electron chi connectivity index (χ0n) is 13.0. The number of anilines is 1. The van der Waals surface area contributed by atoms with Gasteiger partial charge < -0.3 is 4.74 Å². The number of hydrogen-bond donors (Lipinski definition) is 1. The average molecular weight is 392 g/mol. The van der Waals surface area contributed by atoms with Gasteiger partial charge in [0.1, 0.15) is 5.75 Å². The lowest BCUT2D eigenvalue weighted by atomic mass is 10.2. The second-order valence-electron chi connectivity index (χ2n) is 5.57. The average Bonchev–Trinajstić information content (AvgIpc) is 2.74. The Kier molecular flexibility index (Phi) is 4.92. The number of fused-ring (bicyclic) bond motifs is 1. The van der Waals surface area contributed by atoms with E-state index in [1.165, 1.54) is 11.3 Å². The van der Waals surface area contributed by atoms with Gasteiger partial charge in [0, 0.05) is 4.88 Å². The number of halogens is 3. The maximum Gasteiger partial charge on any atom is 0.573 e. The fourth-order valence-corrected chi connectivity index (χ4v) is 4.85. The van der Waals surface area contributed by atoms with Crippen LogP contribution in [0.25, 0.3) is 0 Å². The number of sulfonamides is 1. The molecule has 10 heteroatoms. The fourth-order valence-electron chi connectivity index (χ4n) is 2.57. The van der Waals surface area contributed by atoms with Crippen LogP contribution in [-0.2, 0) is 22.9 Å². The summed E-state index contributed by atoms with van der Waals surface area (Å²) in [5.74, 6) is -0.479. The highest BCUT2D eigenvalue weighted by molar-refractivity contribution is 7.93. The Morgan fingerprint density at radius 2 is 1.76 bits per heavy atom. The first kappa shape index (κ1) is 18.0. The molecule has 0 unspecified atom stereocenters. The second-order valence-corrected chi connectivity index (χ2v) is 8.34. The van der Waals surface area contributed by atoms with E-state index >= 15 is 0 Å². The van der Waals surface area contributed by atoms with Gasteiger partial charge in [-0.05, 0) is 49.9 Å². The van der Waals surface area contributed by atoms with Crippen LogP contribution < -0.4 is 9.46 Å². The van der Waals surface area contributed by atoms with Crippen LogP contribution in [0.2, 0.25) is 0 Å². The number of alkyl halides is 3. The Labute approximate surface area is 146 Å². The zero-order valence-corrected chi connectivity index (χ0v) is 14.6. The lowest BCUT2D eigenvalue weighted by Crippen LogP contribution is -2.17. The number of aryl methyl sites for hydroxylation is 2. The molecule has 1 aliphatic rings. The third-order valence-corrected chi connectivity index (χ3v) is 6.24. The number of aromatic nitrogens is 1. The third-order valence-electron chi connectivity index (χ3n) is 3.68. The van der Waals surface area contributed by atoms with E-state index in [9.17, 15) is 21.6 Å². The van der Waals surface area contributed by atoms with Gasteiger partial charge in [-0.25, -0.2) is 13.4 Å². The molecule has 3 rings (SSSR count). The molecule has 0 bridgehead atoms. The molecule has 0 fully saturated rings. The van der Waals surface area contributed by atoms with Crippen molar-refractivity contribution < 1.29 is 26.3 Å². The molecule has 1 aromatic carbocycles. The quantitative estimate of drug-likeness (QED) is 0.795. The topological polar surface area (TPSA) is 68.3 Å². The van der Waals surface area contributed by atoms with Gasteiger partial charge in [-0.2, -0.15) is 0 Å². The number of nitrogens with one attached hydrogen (secondary N) is 1. The van der Waals surface area contributed by atoms with E-state index in [0.29, 0.717) is 0 Å². The molecule has 1 aliphatic carbocycles. The molecule has 0 saturated heterocycles. The van der Waals surface area contributed by atoms with Crippen molar-refractivity contribution in [2.45, 2.75) is 43.4 Å². The van der Waals surface area contributed by atoms with Crippen LogP contribution in [-0.4, -0.2) is 19.8 Å². The van der Waals surface area contributed by atoms with Crippen molar-refractivity contribution in [3.05, 3.63) is 34.8 Å². The van der Waals surface area contributed by atoms with Crippen LogP contribution >= 0.6 is 11.3 Å². The Hall–Kier alpha value is -1.81. The van der Waals surface area contributed by atoms with Crippen LogP contribution in [0.4, 0.5) is 18.3 Å². The monoisotopic (exact) mass is 392 g/mol. The number of rotatable bonds is 4. The highest BCUT2D eigenvalue weighted by atomic mass is 32.2. The van der Waals surface area contributed by atoms with Crippen molar-refractivity contribution in [3.63, 3.8) is 0 Å². The van der Waals surface area contributed by atoms with Crippen molar-refractivity contribution in [2.75, 3.05) is 4.72 Å². The molecule has 136 valence electrons. The highest BCUT2D eigenvalue weighted by Crippen LogP contribution is 2.30. The SMILES string of the molecule is O=S(=O)(Nc1nc2c(s1)CCCCC2)c1ccc(OC(F)(F)F)cc1. The van der Waals surface area contributed by atoms with Gasteiger partial charge in [0.2, 0.25) is 0 Å². The lowest BCUT2D eigenvalue weighted by molar-refractivity contribution is -0.274. The molecule has 0 saturated carbocycles. The normalized spacial score (nSPS) is 15.3. The first-order valence-corrected chi connectivity index (χ1v) is 9.90. The number of hydrogen-bond acceptors (Lipinski definition) is 5. The van der Waals surface area contributed by atoms with E-state index in [0.717, 1.165) is 66.9 Å². The van der Waals surface area contributed by atoms with Gasteiger partial charge in [-0.3, -0.25) is 4.72 Å². The molecule has 0 aliphatic heterocycles. The summed E-state index contributed by atoms with van der Waals surface area (Å²) in [4.78, 5) is 5.27. The van der Waals surface area contributed by atoms with E-state index in [2.05, 4.69) is 14.4 Å². The summed E-state index contributed by atoms with van der Waals surface area (Å²) in [5.41, 5.74) is 0.925. The predicted octanol–water partition coefficient (Wildman–Crippen LogP) is 4.11. The molecule has 0 amide bonds. The number of nitrogens with zero attached hydrogens (tertiary/aromatic N) is 1. The van der Waals surface area contributed by atoms with Gasteiger partial charge in [-0.15, -0.1) is 24.5 Å². The first-order valence-electron chi connectivity index (χ1n) is 7.60. The molecule has 0 radical (unpaired) electrons.